The summed E-state index contributed by atoms with van der Waals surface area (Å²) < 4.78 is 5.69. The monoisotopic (exact) mass is 322 g/mol. The molecule has 3 rings (SSSR count). The average Bonchev–Trinajstić information content (AvgIpc) is 2.89. The Hall–Kier alpha value is -3.41. The van der Waals surface area contributed by atoms with Crippen LogP contribution in [-0.2, 0) is 14.4 Å². The van der Waals surface area contributed by atoms with Gasteiger partial charge in [-0.1, -0.05) is 0 Å². The van der Waals surface area contributed by atoms with Gasteiger partial charge in [0.25, 0.3) is 11.8 Å². The van der Waals surface area contributed by atoms with Crippen molar-refractivity contribution in [1.82, 2.24) is 0 Å². The number of imide groups is 1. The first-order chi connectivity index (χ1) is 11.5. The molecule has 0 bridgehead atoms. The minimum atomic E-state index is -0.359. The van der Waals surface area contributed by atoms with Gasteiger partial charge in [0.05, 0.1) is 5.69 Å². The van der Waals surface area contributed by atoms with E-state index in [1.165, 1.54) is 19.1 Å². The smallest absolute Gasteiger partial charge is 0.258 e. The van der Waals surface area contributed by atoms with Gasteiger partial charge in [0.15, 0.2) is 0 Å². The molecule has 1 heterocycles. The average molecular weight is 322 g/mol. The summed E-state index contributed by atoms with van der Waals surface area (Å²) in [5, 5.41) is 2.67. The van der Waals surface area contributed by atoms with Gasteiger partial charge in [0.2, 0.25) is 5.91 Å². The van der Waals surface area contributed by atoms with Crippen molar-refractivity contribution in [1.29, 1.82) is 0 Å². The molecule has 1 N–H and O–H groups in total. The standard InChI is InChI=1S/C18H14N2O4/c1-12(21)19-13-2-6-15(7-3-13)24-16-8-4-14(5-9-16)20-17(22)10-11-18(20)23/h2-11H,1H3,(H,19,21). The van der Waals surface area contributed by atoms with E-state index < -0.39 is 0 Å². The van der Waals surface area contributed by atoms with Crippen LogP contribution in [0.25, 0.3) is 0 Å². The van der Waals surface area contributed by atoms with Crippen LogP contribution in [0.5, 0.6) is 11.5 Å². The van der Waals surface area contributed by atoms with Crippen LogP contribution in [0.15, 0.2) is 60.7 Å². The number of anilines is 2. The number of amides is 3. The number of nitrogens with zero attached hydrogens (tertiary/aromatic N) is 1. The van der Waals surface area contributed by atoms with Gasteiger partial charge in [-0.25, -0.2) is 4.90 Å². The lowest BCUT2D eigenvalue weighted by atomic mass is 10.2. The van der Waals surface area contributed by atoms with Crippen molar-refractivity contribution in [3.63, 3.8) is 0 Å². The molecule has 0 atom stereocenters. The zero-order valence-electron chi connectivity index (χ0n) is 12.9. The van der Waals surface area contributed by atoms with Gasteiger partial charge in [0.1, 0.15) is 11.5 Å². The van der Waals surface area contributed by atoms with Gasteiger partial charge in [-0.3, -0.25) is 14.4 Å². The lowest BCUT2D eigenvalue weighted by molar-refractivity contribution is -0.120. The predicted octanol–water partition coefficient (Wildman–Crippen LogP) is 2.87. The third kappa shape index (κ3) is 3.33. The van der Waals surface area contributed by atoms with Gasteiger partial charge in [0, 0.05) is 24.8 Å². The van der Waals surface area contributed by atoms with E-state index in [4.69, 9.17) is 4.74 Å². The molecule has 0 radical (unpaired) electrons. The molecule has 1 aliphatic rings. The van der Waals surface area contributed by atoms with Crippen LogP contribution in [0.3, 0.4) is 0 Å². The number of rotatable bonds is 4. The Morgan fingerprint density at radius 2 is 1.38 bits per heavy atom. The summed E-state index contributed by atoms with van der Waals surface area (Å²) in [5.41, 5.74) is 1.17. The number of hydrogen-bond acceptors (Lipinski definition) is 4. The normalized spacial score (nSPS) is 13.3. The summed E-state index contributed by atoms with van der Waals surface area (Å²) in [7, 11) is 0. The molecule has 24 heavy (non-hydrogen) atoms. The van der Waals surface area contributed by atoms with Crippen LogP contribution in [0, 0.1) is 0 Å². The lowest BCUT2D eigenvalue weighted by Crippen LogP contribution is -2.29. The summed E-state index contributed by atoms with van der Waals surface area (Å²) >= 11 is 0. The van der Waals surface area contributed by atoms with Crippen LogP contribution in [0.1, 0.15) is 6.92 Å². The van der Waals surface area contributed by atoms with Crippen molar-refractivity contribution in [2.75, 3.05) is 10.2 Å². The van der Waals surface area contributed by atoms with E-state index >= 15 is 0 Å². The Morgan fingerprint density at radius 1 is 0.875 bits per heavy atom. The molecule has 6 nitrogen and oxygen atoms in total. The summed E-state index contributed by atoms with van der Waals surface area (Å²) in [6.07, 6.45) is 2.48. The first kappa shape index (κ1) is 15.5. The molecule has 2 aromatic carbocycles. The molecular formula is C18H14N2O4. The maximum absolute atomic E-state index is 11.6. The first-order valence-corrected chi connectivity index (χ1v) is 7.24. The molecule has 0 aromatic heterocycles. The molecule has 6 heteroatoms. The minimum absolute atomic E-state index is 0.139. The van der Waals surface area contributed by atoms with Crippen LogP contribution in [0.2, 0.25) is 0 Å². The van der Waals surface area contributed by atoms with Gasteiger partial charge in [-0.15, -0.1) is 0 Å². The maximum Gasteiger partial charge on any atom is 0.258 e. The first-order valence-electron chi connectivity index (χ1n) is 7.24. The van der Waals surface area contributed by atoms with E-state index in [1.807, 2.05) is 0 Å². The molecule has 1 aliphatic heterocycles. The third-order valence-corrected chi connectivity index (χ3v) is 3.31. The fraction of sp³-hybridized carbons (Fsp3) is 0.0556. The van der Waals surface area contributed by atoms with E-state index in [2.05, 4.69) is 5.32 Å². The SMILES string of the molecule is CC(=O)Nc1ccc(Oc2ccc(N3C(=O)C=CC3=O)cc2)cc1. The fourth-order valence-corrected chi connectivity index (χ4v) is 2.26. The highest BCUT2D eigenvalue weighted by Crippen LogP contribution is 2.26. The Labute approximate surface area is 138 Å². The zero-order valence-corrected chi connectivity index (χ0v) is 12.9. The lowest BCUT2D eigenvalue weighted by Gasteiger charge is -2.14. The van der Waals surface area contributed by atoms with Crippen LogP contribution >= 0.6 is 0 Å². The number of hydrogen-bond donors (Lipinski definition) is 1. The van der Waals surface area contributed by atoms with Crippen molar-refractivity contribution in [2.45, 2.75) is 6.92 Å². The number of benzene rings is 2. The Balaban J connectivity index is 1.69. The molecule has 0 fully saturated rings. The van der Waals surface area contributed by atoms with Gasteiger partial charge in [-0.05, 0) is 48.5 Å². The maximum atomic E-state index is 11.6. The van der Waals surface area contributed by atoms with Crippen LogP contribution in [0.4, 0.5) is 11.4 Å². The Kier molecular flexibility index (Phi) is 4.11. The van der Waals surface area contributed by atoms with Crippen LogP contribution in [-0.4, -0.2) is 17.7 Å². The summed E-state index contributed by atoms with van der Waals surface area (Å²) in [6.45, 7) is 1.44. The fourth-order valence-electron chi connectivity index (χ4n) is 2.26. The molecular weight excluding hydrogens is 308 g/mol. The molecule has 0 saturated heterocycles. The molecule has 0 spiro atoms. The van der Waals surface area contributed by atoms with E-state index in [1.54, 1.807) is 48.5 Å². The molecule has 0 unspecified atom stereocenters. The predicted molar refractivity (Wildman–Crippen MR) is 88.9 cm³/mol. The van der Waals surface area contributed by atoms with Crippen molar-refractivity contribution >= 4 is 29.1 Å². The number of ether oxygens (including phenoxy) is 1. The highest BCUT2D eigenvalue weighted by molar-refractivity contribution is 6.28. The van der Waals surface area contributed by atoms with Crippen molar-refractivity contribution < 1.29 is 19.1 Å². The van der Waals surface area contributed by atoms with Gasteiger partial charge in [-0.2, -0.15) is 0 Å². The molecule has 0 aliphatic carbocycles. The van der Waals surface area contributed by atoms with E-state index in [0.717, 1.165) is 4.90 Å². The van der Waals surface area contributed by atoms with Crippen molar-refractivity contribution in [2.24, 2.45) is 0 Å². The quantitative estimate of drug-likeness (QED) is 0.878. The highest BCUT2D eigenvalue weighted by atomic mass is 16.5. The number of carbonyl (C=O) groups is 3. The minimum Gasteiger partial charge on any atom is -0.457 e. The van der Waals surface area contributed by atoms with E-state index in [0.29, 0.717) is 22.9 Å². The number of carbonyl (C=O) groups excluding carboxylic acids is 3. The summed E-state index contributed by atoms with van der Waals surface area (Å²) in [6, 6.07) is 13.6. The second-order valence-electron chi connectivity index (χ2n) is 5.15. The van der Waals surface area contributed by atoms with Crippen LogP contribution < -0.4 is 15.0 Å². The summed E-state index contributed by atoms with van der Waals surface area (Å²) in [5.74, 6) is 0.314. The molecule has 2 aromatic rings. The van der Waals surface area contributed by atoms with Gasteiger partial charge >= 0.3 is 0 Å². The Bertz CT molecular complexity index is 805. The van der Waals surface area contributed by atoms with Crippen molar-refractivity contribution in [3.8, 4) is 11.5 Å². The second-order valence-corrected chi connectivity index (χ2v) is 5.15. The van der Waals surface area contributed by atoms with Gasteiger partial charge < -0.3 is 10.1 Å². The molecule has 120 valence electrons. The zero-order chi connectivity index (χ0) is 17.1. The number of nitrogens with one attached hydrogen (secondary N) is 1. The topological polar surface area (TPSA) is 75.7 Å². The Morgan fingerprint density at radius 3 is 1.88 bits per heavy atom. The van der Waals surface area contributed by atoms with E-state index in [-0.39, 0.29) is 17.7 Å². The second kappa shape index (κ2) is 6.37. The van der Waals surface area contributed by atoms with Crippen molar-refractivity contribution in [3.05, 3.63) is 60.7 Å². The molecule has 3 amide bonds. The summed E-state index contributed by atoms with van der Waals surface area (Å²) in [4.78, 5) is 35.3. The third-order valence-electron chi connectivity index (χ3n) is 3.31. The largest absolute Gasteiger partial charge is 0.457 e. The highest BCUT2D eigenvalue weighted by Gasteiger charge is 2.24. The molecule has 0 saturated carbocycles. The van der Waals surface area contributed by atoms with E-state index in [9.17, 15) is 14.4 Å².